The second kappa shape index (κ2) is 5.98. The van der Waals surface area contributed by atoms with Crippen molar-refractivity contribution in [2.75, 3.05) is 6.54 Å². The van der Waals surface area contributed by atoms with Gasteiger partial charge in [-0.2, -0.15) is 5.10 Å². The Morgan fingerprint density at radius 1 is 1.50 bits per heavy atom. The Morgan fingerprint density at radius 3 is 2.94 bits per heavy atom. The number of hydrogen-bond donors (Lipinski definition) is 2. The maximum absolute atomic E-state index is 11.8. The summed E-state index contributed by atoms with van der Waals surface area (Å²) in [5.74, 6) is -0.0843. The number of nitrogens with zero attached hydrogens (tertiary/aromatic N) is 1. The van der Waals surface area contributed by atoms with E-state index in [0.29, 0.717) is 10.7 Å². The average Bonchev–Trinajstić information content (AvgIpc) is 2.90. The zero-order chi connectivity index (χ0) is 13.0. The van der Waals surface area contributed by atoms with E-state index in [-0.39, 0.29) is 11.9 Å². The molecule has 2 rings (SSSR count). The molecule has 1 saturated heterocycles. The predicted molar refractivity (Wildman–Crippen MR) is 72.8 cm³/mol. The van der Waals surface area contributed by atoms with Crippen LogP contribution in [0.25, 0.3) is 0 Å². The van der Waals surface area contributed by atoms with Crippen LogP contribution in [-0.2, 0) is 4.79 Å². The third kappa shape index (κ3) is 3.09. The Bertz CT molecular complexity index is 467. The number of rotatable bonds is 3. The van der Waals surface area contributed by atoms with Gasteiger partial charge in [0, 0.05) is 10.6 Å². The molecular formula is C13H16ClN3O. The predicted octanol–water partition coefficient (Wildman–Crippen LogP) is 1.93. The van der Waals surface area contributed by atoms with Crippen molar-refractivity contribution in [1.82, 2.24) is 10.7 Å². The van der Waals surface area contributed by atoms with Crippen molar-refractivity contribution in [3.63, 3.8) is 0 Å². The molecule has 1 fully saturated rings. The summed E-state index contributed by atoms with van der Waals surface area (Å²) in [5.41, 5.74) is 4.11. The molecule has 5 heteroatoms. The molecular weight excluding hydrogens is 250 g/mol. The Labute approximate surface area is 111 Å². The summed E-state index contributed by atoms with van der Waals surface area (Å²) in [4.78, 5) is 11.8. The Morgan fingerprint density at radius 2 is 2.28 bits per heavy atom. The van der Waals surface area contributed by atoms with Crippen molar-refractivity contribution < 1.29 is 4.79 Å². The molecule has 18 heavy (non-hydrogen) atoms. The largest absolute Gasteiger partial charge is 0.306 e. The van der Waals surface area contributed by atoms with Crippen LogP contribution < -0.4 is 10.7 Å². The van der Waals surface area contributed by atoms with Crippen molar-refractivity contribution >= 4 is 23.2 Å². The molecule has 2 N–H and O–H groups in total. The summed E-state index contributed by atoms with van der Waals surface area (Å²) in [6, 6.07) is 7.31. The van der Waals surface area contributed by atoms with Gasteiger partial charge in [0.25, 0.3) is 5.91 Å². The first-order chi connectivity index (χ1) is 8.68. The minimum atomic E-state index is -0.118. The summed E-state index contributed by atoms with van der Waals surface area (Å²) >= 11 is 6.06. The summed E-state index contributed by atoms with van der Waals surface area (Å²) in [7, 11) is 0. The van der Waals surface area contributed by atoms with E-state index < -0.39 is 0 Å². The molecule has 0 aromatic heterocycles. The highest BCUT2D eigenvalue weighted by molar-refractivity contribution is 6.34. The molecule has 96 valence electrons. The van der Waals surface area contributed by atoms with Crippen LogP contribution in [0.3, 0.4) is 0 Å². The van der Waals surface area contributed by atoms with Gasteiger partial charge in [-0.25, -0.2) is 5.43 Å². The molecule has 1 amide bonds. The first-order valence-electron chi connectivity index (χ1n) is 6.01. The smallest absolute Gasteiger partial charge is 0.257 e. The first-order valence-corrected chi connectivity index (χ1v) is 6.38. The van der Waals surface area contributed by atoms with E-state index >= 15 is 0 Å². The van der Waals surface area contributed by atoms with Gasteiger partial charge in [0.05, 0.1) is 11.8 Å². The minimum absolute atomic E-state index is 0.0843. The SMILES string of the molecule is C/C(=N\NC(=O)C1CCCN1)c1ccccc1Cl. The third-order valence-corrected chi connectivity index (χ3v) is 3.30. The van der Waals surface area contributed by atoms with Crippen LogP contribution in [0.1, 0.15) is 25.3 Å². The quantitative estimate of drug-likeness (QED) is 0.648. The normalized spacial score (nSPS) is 19.9. The summed E-state index contributed by atoms with van der Waals surface area (Å²) in [6.45, 7) is 2.72. The lowest BCUT2D eigenvalue weighted by molar-refractivity contribution is -0.122. The molecule has 0 saturated carbocycles. The number of benzene rings is 1. The fourth-order valence-corrected chi connectivity index (χ4v) is 2.21. The molecule has 0 spiro atoms. The van der Waals surface area contributed by atoms with Gasteiger partial charge in [-0.3, -0.25) is 4.79 Å². The van der Waals surface area contributed by atoms with Crippen LogP contribution in [0.4, 0.5) is 0 Å². The lowest BCUT2D eigenvalue weighted by atomic mass is 10.1. The number of hydrazone groups is 1. The second-order valence-electron chi connectivity index (χ2n) is 4.30. The molecule has 1 aliphatic rings. The van der Waals surface area contributed by atoms with Crippen LogP contribution in [0.15, 0.2) is 29.4 Å². The highest BCUT2D eigenvalue weighted by Gasteiger charge is 2.21. The number of hydrogen-bond acceptors (Lipinski definition) is 3. The maximum Gasteiger partial charge on any atom is 0.257 e. The molecule has 0 radical (unpaired) electrons. The summed E-state index contributed by atoms with van der Waals surface area (Å²) in [5, 5.41) is 7.85. The van der Waals surface area contributed by atoms with Gasteiger partial charge < -0.3 is 5.32 Å². The topological polar surface area (TPSA) is 53.5 Å². The lowest BCUT2D eigenvalue weighted by Gasteiger charge is -2.09. The van der Waals surface area contributed by atoms with Gasteiger partial charge in [0.1, 0.15) is 0 Å². The summed E-state index contributed by atoms with van der Waals surface area (Å²) < 4.78 is 0. The number of carbonyl (C=O) groups excluding carboxylic acids is 1. The van der Waals surface area contributed by atoms with Gasteiger partial charge in [-0.05, 0) is 32.4 Å². The van der Waals surface area contributed by atoms with E-state index in [2.05, 4.69) is 15.8 Å². The van der Waals surface area contributed by atoms with Gasteiger partial charge in [-0.1, -0.05) is 29.8 Å². The monoisotopic (exact) mass is 265 g/mol. The highest BCUT2D eigenvalue weighted by atomic mass is 35.5. The molecule has 1 aromatic carbocycles. The van der Waals surface area contributed by atoms with Gasteiger partial charge in [-0.15, -0.1) is 0 Å². The number of halogens is 1. The standard InChI is InChI=1S/C13H16ClN3O/c1-9(10-5-2-3-6-11(10)14)16-17-13(18)12-7-4-8-15-12/h2-3,5-6,12,15H,4,7-8H2,1H3,(H,17,18)/b16-9+. The molecule has 4 nitrogen and oxygen atoms in total. The van der Waals surface area contributed by atoms with Crippen molar-refractivity contribution in [2.45, 2.75) is 25.8 Å². The van der Waals surface area contributed by atoms with Crippen molar-refractivity contribution in [3.05, 3.63) is 34.9 Å². The van der Waals surface area contributed by atoms with E-state index in [9.17, 15) is 4.79 Å². The van der Waals surface area contributed by atoms with Crippen LogP contribution in [-0.4, -0.2) is 24.2 Å². The third-order valence-electron chi connectivity index (χ3n) is 2.97. The zero-order valence-corrected chi connectivity index (χ0v) is 11.0. The van der Waals surface area contributed by atoms with Crippen LogP contribution in [0.2, 0.25) is 5.02 Å². The number of nitrogens with one attached hydrogen (secondary N) is 2. The average molecular weight is 266 g/mol. The van der Waals surface area contributed by atoms with Gasteiger partial charge >= 0.3 is 0 Å². The lowest BCUT2D eigenvalue weighted by Crippen LogP contribution is -2.38. The van der Waals surface area contributed by atoms with Gasteiger partial charge in [0.2, 0.25) is 0 Å². The molecule has 1 unspecified atom stereocenters. The molecule has 1 aromatic rings. The maximum atomic E-state index is 11.8. The van der Waals surface area contributed by atoms with E-state index in [1.54, 1.807) is 6.07 Å². The molecule has 0 aliphatic carbocycles. The zero-order valence-electron chi connectivity index (χ0n) is 10.2. The van der Waals surface area contributed by atoms with Crippen molar-refractivity contribution in [1.29, 1.82) is 0 Å². The minimum Gasteiger partial charge on any atom is -0.306 e. The highest BCUT2D eigenvalue weighted by Crippen LogP contribution is 2.15. The van der Waals surface area contributed by atoms with E-state index in [1.165, 1.54) is 0 Å². The van der Waals surface area contributed by atoms with Crippen molar-refractivity contribution in [2.24, 2.45) is 5.10 Å². The Balaban J connectivity index is 2.00. The second-order valence-corrected chi connectivity index (χ2v) is 4.71. The van der Waals surface area contributed by atoms with E-state index in [1.807, 2.05) is 25.1 Å². The van der Waals surface area contributed by atoms with Crippen molar-refractivity contribution in [3.8, 4) is 0 Å². The number of carbonyl (C=O) groups is 1. The Hall–Kier alpha value is -1.39. The molecule has 1 heterocycles. The van der Waals surface area contributed by atoms with Crippen LogP contribution in [0.5, 0.6) is 0 Å². The molecule has 1 aliphatic heterocycles. The summed E-state index contributed by atoms with van der Waals surface area (Å²) in [6.07, 6.45) is 1.90. The fourth-order valence-electron chi connectivity index (χ4n) is 1.94. The molecule has 1 atom stereocenters. The van der Waals surface area contributed by atoms with Crippen LogP contribution >= 0.6 is 11.6 Å². The van der Waals surface area contributed by atoms with Gasteiger partial charge in [0.15, 0.2) is 0 Å². The molecule has 0 bridgehead atoms. The number of amides is 1. The Kier molecular flexibility index (Phi) is 4.33. The fraction of sp³-hybridized carbons (Fsp3) is 0.385. The van der Waals surface area contributed by atoms with E-state index in [0.717, 1.165) is 24.9 Å². The first kappa shape index (κ1) is 13.1. The van der Waals surface area contributed by atoms with E-state index in [4.69, 9.17) is 11.6 Å². The van der Waals surface area contributed by atoms with Crippen LogP contribution in [0, 0.1) is 0 Å².